The fraction of sp³-hybridized carbons (Fsp3) is 0.111. The average molecular weight is 344 g/mol. The van der Waals surface area contributed by atoms with Gasteiger partial charge in [-0.15, -0.1) is 0 Å². The highest BCUT2D eigenvalue weighted by Gasteiger charge is 2.27. The maximum Gasteiger partial charge on any atom is 0.333 e. The number of aromatic amines is 1. The standard InChI is InChI=1S/C18H14F2N2O3/c1-25-18(24)16(12-6-5-11(19)9-14(12)20)22-17(23)13-4-2-3-10-7-8-21-15(10)13/h2-9,16,21H,1H3,(H,22,23)/t16-/m0/s1. The number of methoxy groups -OCH3 is 1. The Hall–Kier alpha value is -3.22. The molecule has 3 aromatic rings. The summed E-state index contributed by atoms with van der Waals surface area (Å²) in [5.41, 5.74) is 0.697. The Morgan fingerprint density at radius 2 is 1.96 bits per heavy atom. The predicted octanol–water partition coefficient (Wildman–Crippen LogP) is 3.09. The summed E-state index contributed by atoms with van der Waals surface area (Å²) < 4.78 is 31.8. The van der Waals surface area contributed by atoms with Crippen molar-refractivity contribution in [3.05, 3.63) is 71.4 Å². The third kappa shape index (κ3) is 3.21. The van der Waals surface area contributed by atoms with Gasteiger partial charge in [0, 0.05) is 23.2 Å². The minimum Gasteiger partial charge on any atom is -0.467 e. The topological polar surface area (TPSA) is 71.2 Å². The van der Waals surface area contributed by atoms with E-state index in [1.54, 1.807) is 24.4 Å². The Bertz CT molecular complexity index is 952. The monoisotopic (exact) mass is 344 g/mol. The van der Waals surface area contributed by atoms with Crippen LogP contribution in [0.25, 0.3) is 10.9 Å². The normalized spacial score (nSPS) is 12.0. The summed E-state index contributed by atoms with van der Waals surface area (Å²) in [6.45, 7) is 0. The van der Waals surface area contributed by atoms with E-state index in [0.717, 1.165) is 24.6 Å². The van der Waals surface area contributed by atoms with E-state index in [2.05, 4.69) is 15.0 Å². The zero-order valence-corrected chi connectivity index (χ0v) is 13.2. The number of amides is 1. The van der Waals surface area contributed by atoms with Gasteiger partial charge in [-0.05, 0) is 18.2 Å². The number of hydrogen-bond acceptors (Lipinski definition) is 3. The smallest absolute Gasteiger partial charge is 0.333 e. The van der Waals surface area contributed by atoms with Gasteiger partial charge in [-0.25, -0.2) is 13.6 Å². The summed E-state index contributed by atoms with van der Waals surface area (Å²) in [6.07, 6.45) is 1.68. The number of halogens is 2. The van der Waals surface area contributed by atoms with Crippen LogP contribution >= 0.6 is 0 Å². The lowest BCUT2D eigenvalue weighted by Gasteiger charge is -2.18. The van der Waals surface area contributed by atoms with Crippen molar-refractivity contribution in [3.63, 3.8) is 0 Å². The van der Waals surface area contributed by atoms with Crippen LogP contribution in [-0.4, -0.2) is 24.0 Å². The number of para-hydroxylation sites is 1. The number of H-pyrrole nitrogens is 1. The fourth-order valence-corrected chi connectivity index (χ4v) is 2.60. The van der Waals surface area contributed by atoms with Crippen LogP contribution in [0.15, 0.2) is 48.7 Å². The van der Waals surface area contributed by atoms with Crippen molar-refractivity contribution in [3.8, 4) is 0 Å². The molecule has 0 aliphatic heterocycles. The molecule has 0 unspecified atom stereocenters. The maximum absolute atomic E-state index is 14.0. The third-order valence-electron chi connectivity index (χ3n) is 3.82. The van der Waals surface area contributed by atoms with Crippen LogP contribution in [-0.2, 0) is 9.53 Å². The molecular weight excluding hydrogens is 330 g/mol. The zero-order chi connectivity index (χ0) is 18.0. The summed E-state index contributed by atoms with van der Waals surface area (Å²) in [4.78, 5) is 27.6. The van der Waals surface area contributed by atoms with Gasteiger partial charge in [-0.2, -0.15) is 0 Å². The molecule has 1 heterocycles. The van der Waals surface area contributed by atoms with Crippen LogP contribution in [0.4, 0.5) is 8.78 Å². The van der Waals surface area contributed by atoms with Gasteiger partial charge in [-0.3, -0.25) is 4.79 Å². The summed E-state index contributed by atoms with van der Waals surface area (Å²) in [5.74, 6) is -3.19. The molecular formula is C18H14F2N2O3. The molecule has 1 amide bonds. The van der Waals surface area contributed by atoms with E-state index >= 15 is 0 Å². The van der Waals surface area contributed by atoms with Crippen molar-refractivity contribution in [2.45, 2.75) is 6.04 Å². The molecule has 128 valence electrons. The number of esters is 1. The number of hydrogen-bond donors (Lipinski definition) is 2. The van der Waals surface area contributed by atoms with E-state index in [4.69, 9.17) is 0 Å². The van der Waals surface area contributed by atoms with Gasteiger partial charge in [0.05, 0.1) is 18.2 Å². The zero-order valence-electron chi connectivity index (χ0n) is 13.2. The molecule has 0 saturated carbocycles. The molecule has 0 aliphatic carbocycles. The number of nitrogens with one attached hydrogen (secondary N) is 2. The minimum atomic E-state index is -1.40. The lowest BCUT2D eigenvalue weighted by molar-refractivity contribution is -0.143. The van der Waals surface area contributed by atoms with Crippen molar-refractivity contribution < 1.29 is 23.1 Å². The Kier molecular flexibility index (Phi) is 4.47. The second-order valence-corrected chi connectivity index (χ2v) is 5.34. The summed E-state index contributed by atoms with van der Waals surface area (Å²) in [6, 6.07) is 8.23. The molecule has 1 atom stereocenters. The van der Waals surface area contributed by atoms with Crippen LogP contribution in [0.3, 0.4) is 0 Å². The van der Waals surface area contributed by atoms with Gasteiger partial charge in [0.1, 0.15) is 11.6 Å². The number of carbonyl (C=O) groups is 2. The molecule has 0 bridgehead atoms. The lowest BCUT2D eigenvalue weighted by atomic mass is 10.0. The van der Waals surface area contributed by atoms with E-state index in [-0.39, 0.29) is 5.56 Å². The highest BCUT2D eigenvalue weighted by atomic mass is 19.1. The molecule has 0 aliphatic rings. The van der Waals surface area contributed by atoms with E-state index in [9.17, 15) is 18.4 Å². The molecule has 0 saturated heterocycles. The van der Waals surface area contributed by atoms with Gasteiger partial charge in [0.15, 0.2) is 6.04 Å². The van der Waals surface area contributed by atoms with Gasteiger partial charge < -0.3 is 15.0 Å². The van der Waals surface area contributed by atoms with E-state index in [1.165, 1.54) is 0 Å². The highest BCUT2D eigenvalue weighted by Crippen LogP contribution is 2.22. The molecule has 2 N–H and O–H groups in total. The third-order valence-corrected chi connectivity index (χ3v) is 3.82. The second kappa shape index (κ2) is 6.72. The van der Waals surface area contributed by atoms with Crippen LogP contribution < -0.4 is 5.32 Å². The average Bonchev–Trinajstić information content (AvgIpc) is 3.08. The lowest BCUT2D eigenvalue weighted by Crippen LogP contribution is -2.35. The summed E-state index contributed by atoms with van der Waals surface area (Å²) in [5, 5.41) is 3.26. The number of fused-ring (bicyclic) bond motifs is 1. The van der Waals surface area contributed by atoms with Crippen LogP contribution in [0.5, 0.6) is 0 Å². The van der Waals surface area contributed by atoms with Gasteiger partial charge in [0.2, 0.25) is 0 Å². The van der Waals surface area contributed by atoms with Crippen molar-refractivity contribution in [1.29, 1.82) is 0 Å². The number of aromatic nitrogens is 1. The van der Waals surface area contributed by atoms with Crippen molar-refractivity contribution >= 4 is 22.8 Å². The molecule has 7 heteroatoms. The molecule has 0 spiro atoms. The van der Waals surface area contributed by atoms with Gasteiger partial charge in [0.25, 0.3) is 5.91 Å². The first kappa shape index (κ1) is 16.6. The largest absolute Gasteiger partial charge is 0.467 e. The Morgan fingerprint density at radius 1 is 1.16 bits per heavy atom. The Labute approximate surface area is 141 Å². The molecule has 25 heavy (non-hydrogen) atoms. The van der Waals surface area contributed by atoms with Crippen LogP contribution in [0.1, 0.15) is 22.0 Å². The molecule has 3 rings (SSSR count). The molecule has 5 nitrogen and oxygen atoms in total. The van der Waals surface area contributed by atoms with Gasteiger partial charge >= 0.3 is 5.97 Å². The quantitative estimate of drug-likeness (QED) is 0.715. The van der Waals surface area contributed by atoms with Crippen LogP contribution in [0.2, 0.25) is 0 Å². The van der Waals surface area contributed by atoms with Crippen molar-refractivity contribution in [2.24, 2.45) is 0 Å². The van der Waals surface area contributed by atoms with Crippen LogP contribution in [0, 0.1) is 11.6 Å². The fourth-order valence-electron chi connectivity index (χ4n) is 2.60. The Morgan fingerprint density at radius 3 is 2.68 bits per heavy atom. The molecule has 2 aromatic carbocycles. The Balaban J connectivity index is 1.97. The first-order valence-electron chi connectivity index (χ1n) is 7.41. The van der Waals surface area contributed by atoms with Crippen molar-refractivity contribution in [1.82, 2.24) is 10.3 Å². The van der Waals surface area contributed by atoms with Crippen molar-refractivity contribution in [2.75, 3.05) is 7.11 Å². The second-order valence-electron chi connectivity index (χ2n) is 5.34. The number of benzene rings is 2. The molecule has 0 radical (unpaired) electrons. The SMILES string of the molecule is COC(=O)[C@@H](NC(=O)c1cccc2cc[nH]c12)c1ccc(F)cc1F. The van der Waals surface area contributed by atoms with Gasteiger partial charge in [-0.1, -0.05) is 18.2 Å². The number of ether oxygens (including phenoxy) is 1. The minimum absolute atomic E-state index is 0.180. The first-order valence-corrected chi connectivity index (χ1v) is 7.41. The van der Waals surface area contributed by atoms with E-state index in [0.29, 0.717) is 17.1 Å². The predicted molar refractivity (Wildman–Crippen MR) is 86.9 cm³/mol. The first-order chi connectivity index (χ1) is 12.0. The molecule has 0 fully saturated rings. The maximum atomic E-state index is 14.0. The van der Waals surface area contributed by atoms with E-state index < -0.39 is 29.6 Å². The number of carbonyl (C=O) groups excluding carboxylic acids is 2. The van der Waals surface area contributed by atoms with E-state index in [1.807, 2.05) is 6.07 Å². The summed E-state index contributed by atoms with van der Waals surface area (Å²) >= 11 is 0. The number of rotatable bonds is 4. The highest BCUT2D eigenvalue weighted by molar-refractivity contribution is 6.06. The summed E-state index contributed by atoms with van der Waals surface area (Å²) in [7, 11) is 1.12. The molecule has 1 aromatic heterocycles.